The van der Waals surface area contributed by atoms with Gasteiger partial charge in [-0.2, -0.15) is 0 Å². The Morgan fingerprint density at radius 1 is 1.26 bits per heavy atom. The standard InChI is InChI=1S/C20H29N3O3S/c1-16(2)27(25,26)20-21-13-18(14-22-11-6-9-19(24)15-22)23(20)12-10-17-7-4-3-5-8-17/h3-5,7-8,13,16,19,24H,6,9-12,14-15H2,1-2H3. The smallest absolute Gasteiger partial charge is 0.228 e. The van der Waals surface area contributed by atoms with E-state index in [0.717, 1.165) is 31.5 Å². The van der Waals surface area contributed by atoms with Crippen LogP contribution in [0.5, 0.6) is 0 Å². The molecule has 0 bridgehead atoms. The highest BCUT2D eigenvalue weighted by Crippen LogP contribution is 2.20. The minimum Gasteiger partial charge on any atom is -0.392 e. The quantitative estimate of drug-likeness (QED) is 0.784. The van der Waals surface area contributed by atoms with E-state index in [1.54, 1.807) is 20.0 Å². The Hall–Kier alpha value is -1.70. The molecule has 1 aromatic carbocycles. The van der Waals surface area contributed by atoms with Gasteiger partial charge in [0.25, 0.3) is 0 Å². The number of aliphatic hydroxyl groups excluding tert-OH is 1. The van der Waals surface area contributed by atoms with E-state index in [9.17, 15) is 13.5 Å². The van der Waals surface area contributed by atoms with Crippen LogP contribution in [0.2, 0.25) is 0 Å². The topological polar surface area (TPSA) is 75.4 Å². The highest BCUT2D eigenvalue weighted by atomic mass is 32.2. The molecule has 0 amide bonds. The third-order valence-corrected chi connectivity index (χ3v) is 7.19. The SMILES string of the molecule is CC(C)S(=O)(=O)c1ncc(CN2CCCC(O)C2)n1CCc1ccccc1. The number of imidazole rings is 1. The molecule has 6 nitrogen and oxygen atoms in total. The maximum absolute atomic E-state index is 12.8. The third kappa shape index (κ3) is 4.78. The predicted molar refractivity (Wildman–Crippen MR) is 105 cm³/mol. The Labute approximate surface area is 161 Å². The molecule has 148 valence electrons. The molecule has 2 heterocycles. The zero-order valence-corrected chi connectivity index (χ0v) is 16.9. The van der Waals surface area contributed by atoms with E-state index in [-0.39, 0.29) is 11.3 Å². The number of piperidine rings is 1. The van der Waals surface area contributed by atoms with Crippen LogP contribution >= 0.6 is 0 Å². The summed E-state index contributed by atoms with van der Waals surface area (Å²) in [4.78, 5) is 6.47. The van der Waals surface area contributed by atoms with Gasteiger partial charge in [-0.05, 0) is 45.2 Å². The first-order valence-corrected chi connectivity index (χ1v) is 11.1. The number of nitrogens with zero attached hydrogens (tertiary/aromatic N) is 3. The van der Waals surface area contributed by atoms with Crippen molar-refractivity contribution >= 4 is 9.84 Å². The van der Waals surface area contributed by atoms with Gasteiger partial charge in [0.15, 0.2) is 0 Å². The van der Waals surface area contributed by atoms with Crippen LogP contribution < -0.4 is 0 Å². The van der Waals surface area contributed by atoms with Gasteiger partial charge in [0.1, 0.15) is 0 Å². The minimum atomic E-state index is -3.46. The van der Waals surface area contributed by atoms with E-state index in [0.29, 0.717) is 19.6 Å². The lowest BCUT2D eigenvalue weighted by Gasteiger charge is -2.30. The number of aryl methyl sites for hydroxylation is 1. The van der Waals surface area contributed by atoms with Gasteiger partial charge in [0, 0.05) is 19.6 Å². The highest BCUT2D eigenvalue weighted by Gasteiger charge is 2.27. The van der Waals surface area contributed by atoms with Gasteiger partial charge in [0.2, 0.25) is 15.0 Å². The molecule has 0 radical (unpaired) electrons. The number of hydrogen-bond donors (Lipinski definition) is 1. The van der Waals surface area contributed by atoms with Crippen molar-refractivity contribution in [3.8, 4) is 0 Å². The monoisotopic (exact) mass is 391 g/mol. The maximum Gasteiger partial charge on any atom is 0.228 e. The Morgan fingerprint density at radius 3 is 2.67 bits per heavy atom. The first-order chi connectivity index (χ1) is 12.9. The van der Waals surface area contributed by atoms with Crippen LogP contribution in [0, 0.1) is 0 Å². The fourth-order valence-electron chi connectivity index (χ4n) is 3.48. The lowest BCUT2D eigenvalue weighted by molar-refractivity contribution is 0.0655. The van der Waals surface area contributed by atoms with E-state index in [1.807, 2.05) is 34.9 Å². The van der Waals surface area contributed by atoms with Gasteiger partial charge < -0.3 is 9.67 Å². The van der Waals surface area contributed by atoms with E-state index in [2.05, 4.69) is 9.88 Å². The molecule has 0 aliphatic carbocycles. The number of rotatable bonds is 7. The van der Waals surface area contributed by atoms with Crippen LogP contribution in [0.4, 0.5) is 0 Å². The molecule has 1 aromatic heterocycles. The average molecular weight is 392 g/mol. The number of likely N-dealkylation sites (tertiary alicyclic amines) is 1. The summed E-state index contributed by atoms with van der Waals surface area (Å²) in [6, 6.07) is 10.1. The van der Waals surface area contributed by atoms with Crippen LogP contribution in [0.1, 0.15) is 37.9 Å². The lowest BCUT2D eigenvalue weighted by atomic mass is 10.1. The molecular formula is C20H29N3O3S. The number of hydrogen-bond acceptors (Lipinski definition) is 5. The Balaban J connectivity index is 1.87. The Morgan fingerprint density at radius 2 is 2.00 bits per heavy atom. The number of aliphatic hydroxyl groups is 1. The summed E-state index contributed by atoms with van der Waals surface area (Å²) in [6.07, 6.45) is 3.90. The maximum atomic E-state index is 12.8. The van der Waals surface area contributed by atoms with Crippen molar-refractivity contribution in [3.05, 3.63) is 47.8 Å². The summed E-state index contributed by atoms with van der Waals surface area (Å²) in [7, 11) is -3.46. The molecule has 1 aliphatic rings. The first-order valence-electron chi connectivity index (χ1n) is 9.60. The lowest BCUT2D eigenvalue weighted by Crippen LogP contribution is -2.38. The summed E-state index contributed by atoms with van der Waals surface area (Å²) >= 11 is 0. The molecule has 1 fully saturated rings. The van der Waals surface area contributed by atoms with Crippen molar-refractivity contribution in [1.29, 1.82) is 0 Å². The second-order valence-corrected chi connectivity index (χ2v) is 9.94. The number of sulfone groups is 1. The van der Waals surface area contributed by atoms with Gasteiger partial charge in [0.05, 0.1) is 23.2 Å². The van der Waals surface area contributed by atoms with Crippen LogP contribution in [-0.4, -0.2) is 52.4 Å². The van der Waals surface area contributed by atoms with Crippen molar-refractivity contribution in [3.63, 3.8) is 0 Å². The van der Waals surface area contributed by atoms with E-state index >= 15 is 0 Å². The van der Waals surface area contributed by atoms with Gasteiger partial charge in [-0.15, -0.1) is 0 Å². The molecule has 0 spiro atoms. The molecule has 3 rings (SSSR count). The molecule has 1 saturated heterocycles. The molecule has 2 aromatic rings. The molecule has 1 N–H and O–H groups in total. The highest BCUT2D eigenvalue weighted by molar-refractivity contribution is 7.91. The largest absolute Gasteiger partial charge is 0.392 e. The van der Waals surface area contributed by atoms with E-state index in [4.69, 9.17) is 0 Å². The zero-order valence-electron chi connectivity index (χ0n) is 16.1. The van der Waals surface area contributed by atoms with Crippen LogP contribution in [0.25, 0.3) is 0 Å². The number of aromatic nitrogens is 2. The van der Waals surface area contributed by atoms with Crippen molar-refractivity contribution < 1.29 is 13.5 Å². The predicted octanol–water partition coefficient (Wildman–Crippen LogP) is 2.26. The summed E-state index contributed by atoms with van der Waals surface area (Å²) in [6.45, 7) is 6.07. The second-order valence-electron chi connectivity index (χ2n) is 7.54. The molecule has 1 aliphatic heterocycles. The summed E-state index contributed by atoms with van der Waals surface area (Å²) in [5.74, 6) is 0. The average Bonchev–Trinajstić information content (AvgIpc) is 3.04. The molecule has 1 unspecified atom stereocenters. The zero-order chi connectivity index (χ0) is 19.4. The molecule has 1 atom stereocenters. The number of β-amino-alcohol motifs (C(OH)–C–C–N with tert-alkyl or cyclic N) is 1. The summed E-state index contributed by atoms with van der Waals surface area (Å²) < 4.78 is 27.4. The van der Waals surface area contributed by atoms with Gasteiger partial charge in [-0.25, -0.2) is 13.4 Å². The van der Waals surface area contributed by atoms with E-state index in [1.165, 1.54) is 5.56 Å². The van der Waals surface area contributed by atoms with Crippen molar-refractivity contribution in [1.82, 2.24) is 14.5 Å². The van der Waals surface area contributed by atoms with Crippen molar-refractivity contribution in [2.75, 3.05) is 13.1 Å². The van der Waals surface area contributed by atoms with Gasteiger partial charge in [-0.3, -0.25) is 4.90 Å². The summed E-state index contributed by atoms with van der Waals surface area (Å²) in [5, 5.41) is 9.57. The Bertz CT molecular complexity index is 847. The van der Waals surface area contributed by atoms with Crippen LogP contribution in [-0.2, 0) is 29.3 Å². The fourth-order valence-corrected chi connectivity index (χ4v) is 4.62. The van der Waals surface area contributed by atoms with Gasteiger partial charge in [-0.1, -0.05) is 30.3 Å². The third-order valence-electron chi connectivity index (χ3n) is 5.11. The van der Waals surface area contributed by atoms with Crippen LogP contribution in [0.15, 0.2) is 41.7 Å². The molecule has 0 saturated carbocycles. The minimum absolute atomic E-state index is 0.154. The van der Waals surface area contributed by atoms with Crippen molar-refractivity contribution in [2.45, 2.75) is 62.7 Å². The second kappa shape index (κ2) is 8.54. The number of benzene rings is 1. The Kier molecular flexibility index (Phi) is 6.34. The molecule has 7 heteroatoms. The summed E-state index contributed by atoms with van der Waals surface area (Å²) in [5.41, 5.74) is 2.05. The first kappa shape index (κ1) is 20.0. The van der Waals surface area contributed by atoms with Crippen LogP contribution in [0.3, 0.4) is 0 Å². The molecule has 27 heavy (non-hydrogen) atoms. The van der Waals surface area contributed by atoms with E-state index < -0.39 is 15.1 Å². The van der Waals surface area contributed by atoms with Gasteiger partial charge >= 0.3 is 0 Å². The normalized spacial score (nSPS) is 18.9. The fraction of sp³-hybridized carbons (Fsp3) is 0.550. The van der Waals surface area contributed by atoms with Crippen molar-refractivity contribution in [2.24, 2.45) is 0 Å². The molecular weight excluding hydrogens is 362 g/mol.